The molecule has 0 spiro atoms. The number of sulfonamides is 1. The summed E-state index contributed by atoms with van der Waals surface area (Å²) in [6.45, 7) is -0.647. The van der Waals surface area contributed by atoms with E-state index in [0.717, 1.165) is 0 Å². The summed E-state index contributed by atoms with van der Waals surface area (Å²) in [6.07, 6.45) is 0. The molecule has 0 aromatic heterocycles. The van der Waals surface area contributed by atoms with Crippen molar-refractivity contribution in [2.24, 2.45) is 5.14 Å². The Labute approximate surface area is 203 Å². The molecular weight excluding hydrogens is 470 g/mol. The van der Waals surface area contributed by atoms with Crippen molar-refractivity contribution in [1.82, 2.24) is 5.32 Å². The standard InChI is InChI=1S/C24H25N5O5S/c1-28(19-10-4-2-5-11-19)23(31)17-29(20-12-6-3-7-13-20)22(30)16-26-24(32)27-18-9-8-14-21(15-18)35(25,33)34/h2-15H,16-17H2,1H3,(H2,25,33,34)(H2,26,27,32). The molecule has 0 bridgehead atoms. The Kier molecular flexibility index (Phi) is 8.18. The van der Waals surface area contributed by atoms with Gasteiger partial charge in [0, 0.05) is 24.1 Å². The minimum atomic E-state index is -3.94. The van der Waals surface area contributed by atoms with Crippen LogP contribution < -0.4 is 25.6 Å². The van der Waals surface area contributed by atoms with Gasteiger partial charge in [0.15, 0.2) is 0 Å². The molecule has 0 aliphatic carbocycles. The number of amides is 4. The molecular formula is C24H25N5O5S. The first-order valence-corrected chi connectivity index (χ1v) is 12.0. The lowest BCUT2D eigenvalue weighted by Gasteiger charge is -2.25. The third-order valence-electron chi connectivity index (χ3n) is 5.00. The Bertz CT molecular complexity index is 1300. The minimum absolute atomic E-state index is 0.164. The van der Waals surface area contributed by atoms with Gasteiger partial charge in [0.2, 0.25) is 21.8 Å². The number of hydrogen-bond acceptors (Lipinski definition) is 5. The minimum Gasteiger partial charge on any atom is -0.329 e. The van der Waals surface area contributed by atoms with Gasteiger partial charge in [-0.2, -0.15) is 0 Å². The largest absolute Gasteiger partial charge is 0.329 e. The van der Waals surface area contributed by atoms with Crippen molar-refractivity contribution in [1.29, 1.82) is 0 Å². The molecule has 35 heavy (non-hydrogen) atoms. The second-order valence-electron chi connectivity index (χ2n) is 7.48. The molecule has 0 saturated heterocycles. The Morgan fingerprint density at radius 1 is 0.829 bits per heavy atom. The molecule has 0 aliphatic rings. The van der Waals surface area contributed by atoms with Crippen LogP contribution in [0.3, 0.4) is 0 Å². The number of primary sulfonamides is 1. The number of likely N-dealkylation sites (N-methyl/N-ethyl adjacent to an activating group) is 1. The van der Waals surface area contributed by atoms with Gasteiger partial charge >= 0.3 is 6.03 Å². The molecule has 11 heteroatoms. The molecule has 0 radical (unpaired) electrons. The van der Waals surface area contributed by atoms with E-state index in [4.69, 9.17) is 5.14 Å². The van der Waals surface area contributed by atoms with Crippen molar-refractivity contribution in [3.8, 4) is 0 Å². The van der Waals surface area contributed by atoms with Crippen LogP contribution in [0.25, 0.3) is 0 Å². The molecule has 182 valence electrons. The van der Waals surface area contributed by atoms with Crippen LogP contribution >= 0.6 is 0 Å². The average molecular weight is 496 g/mol. The van der Waals surface area contributed by atoms with E-state index in [2.05, 4.69) is 10.6 Å². The summed E-state index contributed by atoms with van der Waals surface area (Å²) >= 11 is 0. The number of urea groups is 1. The summed E-state index contributed by atoms with van der Waals surface area (Å²) in [5, 5.41) is 9.98. The first-order valence-electron chi connectivity index (χ1n) is 10.5. The highest BCUT2D eigenvalue weighted by atomic mass is 32.2. The van der Waals surface area contributed by atoms with E-state index in [0.29, 0.717) is 11.4 Å². The first kappa shape index (κ1) is 25.4. The van der Waals surface area contributed by atoms with Gasteiger partial charge in [-0.25, -0.2) is 18.4 Å². The third-order valence-corrected chi connectivity index (χ3v) is 5.91. The summed E-state index contributed by atoms with van der Waals surface area (Å²) in [5.41, 5.74) is 1.36. The van der Waals surface area contributed by atoms with E-state index in [-0.39, 0.29) is 23.0 Å². The fourth-order valence-corrected chi connectivity index (χ4v) is 3.71. The number of carbonyl (C=O) groups excluding carboxylic acids is 3. The van der Waals surface area contributed by atoms with Crippen LogP contribution in [0.2, 0.25) is 0 Å². The van der Waals surface area contributed by atoms with Gasteiger partial charge in [-0.15, -0.1) is 0 Å². The highest BCUT2D eigenvalue weighted by molar-refractivity contribution is 7.89. The topological polar surface area (TPSA) is 142 Å². The van der Waals surface area contributed by atoms with Gasteiger partial charge < -0.3 is 20.4 Å². The van der Waals surface area contributed by atoms with E-state index in [1.165, 1.54) is 34.1 Å². The summed E-state index contributed by atoms with van der Waals surface area (Å²) in [4.78, 5) is 40.8. The van der Waals surface area contributed by atoms with Crippen molar-refractivity contribution < 1.29 is 22.8 Å². The number of carbonyl (C=O) groups is 3. The second-order valence-corrected chi connectivity index (χ2v) is 9.05. The lowest BCUT2D eigenvalue weighted by Crippen LogP contribution is -2.46. The Morgan fingerprint density at radius 2 is 1.43 bits per heavy atom. The molecule has 3 aromatic rings. The number of nitrogens with two attached hydrogens (primary N) is 1. The number of rotatable bonds is 8. The maximum absolute atomic E-state index is 13.0. The van der Waals surface area contributed by atoms with Crippen molar-refractivity contribution in [3.05, 3.63) is 84.9 Å². The maximum atomic E-state index is 13.0. The van der Waals surface area contributed by atoms with Crippen LogP contribution in [0.1, 0.15) is 0 Å². The summed E-state index contributed by atoms with van der Waals surface area (Å²) < 4.78 is 23.0. The molecule has 0 fully saturated rings. The second kappa shape index (κ2) is 11.3. The zero-order valence-electron chi connectivity index (χ0n) is 18.9. The van der Waals surface area contributed by atoms with Gasteiger partial charge in [0.1, 0.15) is 6.54 Å². The molecule has 4 N–H and O–H groups in total. The quantitative estimate of drug-likeness (QED) is 0.439. The number of nitrogens with zero attached hydrogens (tertiary/aromatic N) is 2. The third kappa shape index (κ3) is 7.13. The molecule has 4 amide bonds. The fourth-order valence-electron chi connectivity index (χ4n) is 3.15. The molecule has 10 nitrogen and oxygen atoms in total. The molecule has 3 rings (SSSR count). The van der Waals surface area contributed by atoms with E-state index in [1.807, 2.05) is 6.07 Å². The number of para-hydroxylation sites is 2. The highest BCUT2D eigenvalue weighted by Gasteiger charge is 2.22. The molecule has 0 aliphatic heterocycles. The lowest BCUT2D eigenvalue weighted by atomic mass is 10.2. The Balaban J connectivity index is 1.67. The molecule has 0 saturated carbocycles. The van der Waals surface area contributed by atoms with Crippen LogP contribution in [0, 0.1) is 0 Å². The smallest absolute Gasteiger partial charge is 0.319 e. The van der Waals surface area contributed by atoms with Crippen LogP contribution in [-0.4, -0.2) is 46.4 Å². The molecule has 0 atom stereocenters. The Morgan fingerprint density at radius 3 is 2.03 bits per heavy atom. The van der Waals surface area contributed by atoms with Crippen molar-refractivity contribution in [2.45, 2.75) is 4.90 Å². The molecule has 3 aromatic carbocycles. The monoisotopic (exact) mass is 495 g/mol. The number of benzene rings is 3. The van der Waals surface area contributed by atoms with Crippen molar-refractivity contribution in [3.63, 3.8) is 0 Å². The SMILES string of the molecule is CN(C(=O)CN(C(=O)CNC(=O)Nc1cccc(S(N)(=O)=O)c1)c1ccccc1)c1ccccc1. The zero-order chi connectivity index (χ0) is 25.4. The van der Waals surface area contributed by atoms with E-state index in [9.17, 15) is 22.8 Å². The van der Waals surface area contributed by atoms with Crippen molar-refractivity contribution in [2.75, 3.05) is 35.3 Å². The predicted octanol–water partition coefficient (Wildman–Crippen LogP) is 2.15. The number of anilines is 3. The van der Waals surface area contributed by atoms with Crippen LogP contribution in [0.15, 0.2) is 89.8 Å². The lowest BCUT2D eigenvalue weighted by molar-refractivity contribution is -0.121. The highest BCUT2D eigenvalue weighted by Crippen LogP contribution is 2.17. The predicted molar refractivity (Wildman–Crippen MR) is 133 cm³/mol. The van der Waals surface area contributed by atoms with Gasteiger partial charge in [-0.05, 0) is 42.5 Å². The molecule has 0 unspecified atom stereocenters. The van der Waals surface area contributed by atoms with Crippen LogP contribution in [0.5, 0.6) is 0 Å². The Hall–Kier alpha value is -4.22. The number of hydrogen-bond donors (Lipinski definition) is 3. The first-order chi connectivity index (χ1) is 16.6. The summed E-state index contributed by atoms with van der Waals surface area (Å²) in [7, 11) is -2.32. The van der Waals surface area contributed by atoms with Crippen LogP contribution in [-0.2, 0) is 19.6 Å². The van der Waals surface area contributed by atoms with Crippen LogP contribution in [0.4, 0.5) is 21.9 Å². The van der Waals surface area contributed by atoms with Gasteiger partial charge in [-0.1, -0.05) is 42.5 Å². The van der Waals surface area contributed by atoms with E-state index >= 15 is 0 Å². The average Bonchev–Trinajstić information content (AvgIpc) is 2.86. The number of nitrogens with one attached hydrogen (secondary N) is 2. The van der Waals surface area contributed by atoms with Gasteiger partial charge in [0.25, 0.3) is 0 Å². The van der Waals surface area contributed by atoms with Crippen molar-refractivity contribution >= 4 is 44.9 Å². The van der Waals surface area contributed by atoms with Gasteiger partial charge in [-0.3, -0.25) is 9.59 Å². The summed E-state index contributed by atoms with van der Waals surface area (Å²) in [5.74, 6) is -0.836. The van der Waals surface area contributed by atoms with E-state index < -0.39 is 28.5 Å². The summed E-state index contributed by atoms with van der Waals surface area (Å²) in [6, 6.07) is 22.3. The zero-order valence-corrected chi connectivity index (χ0v) is 19.7. The normalized spacial score (nSPS) is 10.8. The van der Waals surface area contributed by atoms with Gasteiger partial charge in [0.05, 0.1) is 11.4 Å². The maximum Gasteiger partial charge on any atom is 0.319 e. The molecule has 0 heterocycles. The fraction of sp³-hybridized carbons (Fsp3) is 0.125. The van der Waals surface area contributed by atoms with E-state index in [1.54, 1.807) is 61.6 Å².